The fraction of sp³-hybridized carbons (Fsp3) is 0.933. The van der Waals surface area contributed by atoms with Crippen molar-refractivity contribution in [1.82, 2.24) is 0 Å². The summed E-state index contributed by atoms with van der Waals surface area (Å²) < 4.78 is 0. The van der Waals surface area contributed by atoms with Crippen LogP contribution in [0.15, 0.2) is 11.6 Å². The van der Waals surface area contributed by atoms with Gasteiger partial charge in [-0.05, 0) is 117 Å². The number of hydrogen-bond acceptors (Lipinski definition) is 3. The van der Waals surface area contributed by atoms with E-state index in [0.29, 0.717) is 22.7 Å². The summed E-state index contributed by atoms with van der Waals surface area (Å²) in [5.41, 5.74) is 1.77. The van der Waals surface area contributed by atoms with Crippen LogP contribution in [0.25, 0.3) is 0 Å². The largest absolute Gasteiger partial charge is 0.390 e. The Bertz CT molecular complexity index is 828. The second-order valence-corrected chi connectivity index (χ2v) is 14.6. The van der Waals surface area contributed by atoms with Gasteiger partial charge in [-0.2, -0.15) is 0 Å². The zero-order valence-electron chi connectivity index (χ0n) is 22.3. The molecule has 0 aromatic heterocycles. The SMILES string of the molecule is CC(C)=CCCC(C)C1CCC2(C)C3CCC4C(C)(C)C(O)C(O)C(O)C45CC35CCC12C. The first-order chi connectivity index (χ1) is 15.3. The molecule has 11 atom stereocenters. The quantitative estimate of drug-likeness (QED) is 0.445. The Balaban J connectivity index is 1.45. The molecule has 0 aromatic rings. The van der Waals surface area contributed by atoms with Crippen LogP contribution in [0.4, 0.5) is 0 Å². The van der Waals surface area contributed by atoms with Crippen LogP contribution in [0.3, 0.4) is 0 Å². The normalized spacial score (nSPS) is 55.0. The number of allylic oxidation sites excluding steroid dienone is 2. The zero-order valence-corrected chi connectivity index (χ0v) is 22.3. The average molecular weight is 459 g/mol. The summed E-state index contributed by atoms with van der Waals surface area (Å²) in [6, 6.07) is 0. The molecule has 0 amide bonds. The highest BCUT2D eigenvalue weighted by Crippen LogP contribution is 2.89. The molecule has 5 rings (SSSR count). The van der Waals surface area contributed by atoms with Gasteiger partial charge in [-0.3, -0.25) is 0 Å². The number of aliphatic hydroxyl groups is 3. The van der Waals surface area contributed by atoms with Gasteiger partial charge in [0, 0.05) is 5.41 Å². The first kappa shape index (κ1) is 24.3. The van der Waals surface area contributed by atoms with Crippen molar-refractivity contribution in [3.63, 3.8) is 0 Å². The number of fused-ring (bicyclic) bond motifs is 2. The molecule has 3 heteroatoms. The maximum Gasteiger partial charge on any atom is 0.107 e. The summed E-state index contributed by atoms with van der Waals surface area (Å²) in [7, 11) is 0. The van der Waals surface area contributed by atoms with Crippen molar-refractivity contribution < 1.29 is 15.3 Å². The monoisotopic (exact) mass is 458 g/mol. The van der Waals surface area contributed by atoms with Gasteiger partial charge < -0.3 is 15.3 Å². The third kappa shape index (κ3) is 2.80. The lowest BCUT2D eigenvalue weighted by molar-refractivity contribution is -0.236. The fourth-order valence-electron chi connectivity index (χ4n) is 11.2. The number of rotatable bonds is 4. The molecule has 0 heterocycles. The predicted octanol–water partition coefficient (Wildman–Crippen LogP) is 6.11. The van der Waals surface area contributed by atoms with E-state index in [2.05, 4.69) is 54.5 Å². The second-order valence-electron chi connectivity index (χ2n) is 14.6. The summed E-state index contributed by atoms with van der Waals surface area (Å²) in [6.07, 6.45) is 10.8. The molecule has 5 aliphatic rings. The van der Waals surface area contributed by atoms with Crippen LogP contribution in [-0.2, 0) is 0 Å². The zero-order chi connectivity index (χ0) is 24.2. The molecule has 33 heavy (non-hydrogen) atoms. The van der Waals surface area contributed by atoms with Crippen LogP contribution in [-0.4, -0.2) is 33.6 Å². The number of hydrogen-bond donors (Lipinski definition) is 3. The first-order valence-electron chi connectivity index (χ1n) is 14.0. The van der Waals surface area contributed by atoms with Gasteiger partial charge in [0.25, 0.3) is 0 Å². The molecule has 3 N–H and O–H groups in total. The number of aliphatic hydroxyl groups excluding tert-OH is 3. The Hall–Kier alpha value is -0.380. The van der Waals surface area contributed by atoms with Gasteiger partial charge in [0.05, 0.1) is 12.2 Å². The summed E-state index contributed by atoms with van der Waals surface area (Å²) in [6.45, 7) is 16.4. The van der Waals surface area contributed by atoms with Gasteiger partial charge >= 0.3 is 0 Å². The Morgan fingerprint density at radius 1 is 0.879 bits per heavy atom. The standard InChI is InChI=1S/C30H50O3/c1-18(2)9-8-10-19(3)20-13-14-28(7)22-12-11-21-26(4,5)24(32)23(31)25(33)30(21)17-29(22,30)16-15-27(20,28)6/h9,19-25,31-33H,8,10-17H2,1-7H3. The second kappa shape index (κ2) is 7.32. The topological polar surface area (TPSA) is 60.7 Å². The van der Waals surface area contributed by atoms with Crippen LogP contribution in [0.5, 0.6) is 0 Å². The Morgan fingerprint density at radius 2 is 1.55 bits per heavy atom. The molecular formula is C30H50O3. The maximum absolute atomic E-state index is 11.5. The highest BCUT2D eigenvalue weighted by atomic mass is 16.4. The summed E-state index contributed by atoms with van der Waals surface area (Å²) in [5, 5.41) is 33.3. The lowest BCUT2D eigenvalue weighted by Crippen LogP contribution is -2.65. The minimum atomic E-state index is -1.01. The van der Waals surface area contributed by atoms with Crippen molar-refractivity contribution in [2.45, 2.75) is 125 Å². The van der Waals surface area contributed by atoms with E-state index in [0.717, 1.165) is 24.7 Å². The van der Waals surface area contributed by atoms with Crippen molar-refractivity contribution in [3.05, 3.63) is 11.6 Å². The molecule has 5 fully saturated rings. The lowest BCUT2D eigenvalue weighted by atomic mass is 9.41. The molecular weight excluding hydrogens is 408 g/mol. The highest BCUT2D eigenvalue weighted by Gasteiger charge is 2.85. The minimum absolute atomic E-state index is 0.169. The molecule has 5 aliphatic carbocycles. The molecule has 0 radical (unpaired) electrons. The van der Waals surface area contributed by atoms with Crippen LogP contribution >= 0.6 is 0 Å². The first-order valence-corrected chi connectivity index (χ1v) is 14.0. The van der Waals surface area contributed by atoms with Gasteiger partial charge in [0.15, 0.2) is 0 Å². The highest BCUT2D eigenvalue weighted by molar-refractivity contribution is 5.33. The van der Waals surface area contributed by atoms with Gasteiger partial charge in [-0.1, -0.05) is 46.3 Å². The molecule has 0 bridgehead atoms. The molecule has 2 spiro atoms. The van der Waals surface area contributed by atoms with Crippen molar-refractivity contribution >= 4 is 0 Å². The van der Waals surface area contributed by atoms with Crippen LogP contribution in [0.2, 0.25) is 0 Å². The predicted molar refractivity (Wildman–Crippen MR) is 133 cm³/mol. The Kier molecular flexibility index (Phi) is 5.40. The van der Waals surface area contributed by atoms with E-state index in [1.54, 1.807) is 0 Å². The molecule has 188 valence electrons. The summed E-state index contributed by atoms with van der Waals surface area (Å²) in [5.74, 6) is 2.49. The van der Waals surface area contributed by atoms with Crippen molar-refractivity contribution in [2.75, 3.05) is 0 Å². The van der Waals surface area contributed by atoms with E-state index in [1.165, 1.54) is 50.5 Å². The summed E-state index contributed by atoms with van der Waals surface area (Å²) >= 11 is 0. The summed E-state index contributed by atoms with van der Waals surface area (Å²) in [4.78, 5) is 0. The molecule has 5 saturated carbocycles. The third-order valence-corrected chi connectivity index (χ3v) is 13.1. The minimum Gasteiger partial charge on any atom is -0.390 e. The third-order valence-electron chi connectivity index (χ3n) is 13.1. The van der Waals surface area contributed by atoms with Crippen LogP contribution in [0.1, 0.15) is 106 Å². The molecule has 0 aromatic carbocycles. The van der Waals surface area contributed by atoms with Crippen LogP contribution < -0.4 is 0 Å². The van der Waals surface area contributed by atoms with Gasteiger partial charge in [0.2, 0.25) is 0 Å². The van der Waals surface area contributed by atoms with E-state index in [-0.39, 0.29) is 16.2 Å². The van der Waals surface area contributed by atoms with Gasteiger partial charge in [-0.15, -0.1) is 0 Å². The average Bonchev–Trinajstić information content (AvgIpc) is 3.35. The van der Waals surface area contributed by atoms with E-state index < -0.39 is 18.3 Å². The van der Waals surface area contributed by atoms with E-state index in [1.807, 2.05) is 0 Å². The molecule has 3 nitrogen and oxygen atoms in total. The van der Waals surface area contributed by atoms with Crippen molar-refractivity contribution in [3.8, 4) is 0 Å². The van der Waals surface area contributed by atoms with Crippen molar-refractivity contribution in [2.24, 2.45) is 50.7 Å². The van der Waals surface area contributed by atoms with E-state index >= 15 is 0 Å². The van der Waals surface area contributed by atoms with Gasteiger partial charge in [-0.25, -0.2) is 0 Å². The lowest BCUT2D eigenvalue weighted by Gasteiger charge is -2.64. The Labute approximate surface area is 202 Å². The van der Waals surface area contributed by atoms with E-state index in [4.69, 9.17) is 0 Å². The Morgan fingerprint density at radius 3 is 2.21 bits per heavy atom. The fourth-order valence-corrected chi connectivity index (χ4v) is 11.2. The van der Waals surface area contributed by atoms with Crippen LogP contribution in [0, 0.1) is 50.7 Å². The van der Waals surface area contributed by atoms with Gasteiger partial charge in [0.1, 0.15) is 6.10 Å². The van der Waals surface area contributed by atoms with E-state index in [9.17, 15) is 15.3 Å². The molecule has 0 aliphatic heterocycles. The molecule has 0 saturated heterocycles. The molecule has 11 unspecified atom stereocenters. The van der Waals surface area contributed by atoms with Crippen molar-refractivity contribution in [1.29, 1.82) is 0 Å². The maximum atomic E-state index is 11.5. The smallest absolute Gasteiger partial charge is 0.107 e.